The summed E-state index contributed by atoms with van der Waals surface area (Å²) < 4.78 is 40.1. The van der Waals surface area contributed by atoms with E-state index >= 15 is 0 Å². The van der Waals surface area contributed by atoms with Gasteiger partial charge in [0, 0.05) is 16.7 Å². The summed E-state index contributed by atoms with van der Waals surface area (Å²) in [5.74, 6) is -4.78. The topological polar surface area (TPSA) is 40.1 Å². The van der Waals surface area contributed by atoms with Crippen LogP contribution in [0.2, 0.25) is 0 Å². The first-order chi connectivity index (χ1) is 8.50. The van der Waals surface area contributed by atoms with E-state index in [2.05, 4.69) is 0 Å². The van der Waals surface area contributed by atoms with Crippen molar-refractivity contribution < 1.29 is 23.1 Å². The van der Waals surface area contributed by atoms with E-state index in [1.807, 2.05) is 0 Å². The summed E-state index contributed by atoms with van der Waals surface area (Å²) in [5.41, 5.74) is -0.845. The number of halogens is 3. The predicted molar refractivity (Wildman–Crippen MR) is 56.1 cm³/mol. The normalized spacial score (nSPS) is 10.4. The lowest BCUT2D eigenvalue weighted by atomic mass is 10.0. The van der Waals surface area contributed by atoms with Crippen LogP contribution in [0.25, 0.3) is 11.1 Å². The molecule has 2 aromatic rings. The van der Waals surface area contributed by atoms with Crippen molar-refractivity contribution in [2.45, 2.75) is 0 Å². The molecule has 2 aromatic carbocycles. The van der Waals surface area contributed by atoms with Crippen molar-refractivity contribution in [3.63, 3.8) is 0 Å². The average molecular weight is 251 g/mol. The zero-order chi connectivity index (χ0) is 13.3. The number of rotatable bonds is 2. The number of carbonyl (C=O) groups excluding carboxylic acids is 1. The zero-order valence-electron chi connectivity index (χ0n) is 8.91. The molecule has 0 aliphatic carbocycles. The summed E-state index contributed by atoms with van der Waals surface area (Å²) in [5, 5.41) is 10.5. The fourth-order valence-electron chi connectivity index (χ4n) is 1.57. The van der Waals surface area contributed by atoms with Crippen LogP contribution in [-0.4, -0.2) is 5.97 Å². The standard InChI is InChI=1S/C13H7F3O2/c14-10-3-1-2-9(12(10)16)8-5-4-7(13(17)18)6-11(8)15/h1-6H,(H,17,18)/p-1. The number of carbonyl (C=O) groups is 1. The number of benzene rings is 2. The van der Waals surface area contributed by atoms with Crippen molar-refractivity contribution in [1.82, 2.24) is 0 Å². The summed E-state index contributed by atoms with van der Waals surface area (Å²) >= 11 is 0. The molecule has 0 atom stereocenters. The van der Waals surface area contributed by atoms with Gasteiger partial charge in [-0.05, 0) is 12.1 Å². The van der Waals surface area contributed by atoms with Gasteiger partial charge in [-0.2, -0.15) is 0 Å². The number of hydrogen-bond acceptors (Lipinski definition) is 2. The first-order valence-electron chi connectivity index (χ1n) is 4.96. The zero-order valence-corrected chi connectivity index (χ0v) is 8.91. The van der Waals surface area contributed by atoms with Gasteiger partial charge in [0.05, 0.1) is 5.97 Å². The van der Waals surface area contributed by atoms with E-state index in [0.717, 1.165) is 18.2 Å². The van der Waals surface area contributed by atoms with Gasteiger partial charge in [-0.1, -0.05) is 24.3 Å². The molecule has 2 nitrogen and oxygen atoms in total. The molecule has 0 aliphatic rings. The molecule has 0 fully saturated rings. The summed E-state index contributed by atoms with van der Waals surface area (Å²) in [6, 6.07) is 6.19. The second-order valence-corrected chi connectivity index (χ2v) is 3.58. The molecule has 0 spiro atoms. The Labute approximate surface area is 100 Å². The fraction of sp³-hybridized carbons (Fsp3) is 0. The average Bonchev–Trinajstić information content (AvgIpc) is 2.33. The lowest BCUT2D eigenvalue weighted by molar-refractivity contribution is -0.255. The highest BCUT2D eigenvalue weighted by Gasteiger charge is 2.13. The number of hydrogen-bond donors (Lipinski definition) is 0. The molecule has 5 heteroatoms. The summed E-state index contributed by atoms with van der Waals surface area (Å²) in [7, 11) is 0. The monoisotopic (exact) mass is 251 g/mol. The minimum atomic E-state index is -1.54. The molecule has 18 heavy (non-hydrogen) atoms. The van der Waals surface area contributed by atoms with Gasteiger partial charge in [-0.25, -0.2) is 13.2 Å². The van der Waals surface area contributed by atoms with Gasteiger partial charge in [0.1, 0.15) is 5.82 Å². The van der Waals surface area contributed by atoms with Crippen molar-refractivity contribution in [1.29, 1.82) is 0 Å². The molecule has 0 bridgehead atoms. The van der Waals surface area contributed by atoms with Crippen LogP contribution in [0, 0.1) is 17.5 Å². The number of carboxylic acids is 1. The SMILES string of the molecule is O=C([O-])c1ccc(-c2cccc(F)c2F)c(F)c1. The van der Waals surface area contributed by atoms with E-state index in [-0.39, 0.29) is 16.7 Å². The van der Waals surface area contributed by atoms with Crippen LogP contribution >= 0.6 is 0 Å². The van der Waals surface area contributed by atoms with E-state index in [0.29, 0.717) is 6.07 Å². The molecule has 0 N–H and O–H groups in total. The lowest BCUT2D eigenvalue weighted by Crippen LogP contribution is -2.22. The lowest BCUT2D eigenvalue weighted by Gasteiger charge is -2.08. The third-order valence-corrected chi connectivity index (χ3v) is 2.45. The summed E-state index contributed by atoms with van der Waals surface area (Å²) in [6.07, 6.45) is 0. The Hall–Kier alpha value is -2.30. The van der Waals surface area contributed by atoms with E-state index in [9.17, 15) is 23.1 Å². The van der Waals surface area contributed by atoms with Gasteiger partial charge < -0.3 is 9.90 Å². The van der Waals surface area contributed by atoms with Crippen molar-refractivity contribution >= 4 is 5.97 Å². The first kappa shape index (κ1) is 12.2. The smallest absolute Gasteiger partial charge is 0.166 e. The minimum Gasteiger partial charge on any atom is -0.545 e. The highest BCUT2D eigenvalue weighted by Crippen LogP contribution is 2.27. The first-order valence-corrected chi connectivity index (χ1v) is 4.96. The fourth-order valence-corrected chi connectivity index (χ4v) is 1.57. The molecule has 0 saturated heterocycles. The van der Waals surface area contributed by atoms with Gasteiger partial charge in [0.15, 0.2) is 11.6 Å². The highest BCUT2D eigenvalue weighted by molar-refractivity contribution is 5.86. The Kier molecular flexibility index (Phi) is 3.06. The molecular weight excluding hydrogens is 245 g/mol. The Balaban J connectivity index is 2.58. The quantitative estimate of drug-likeness (QED) is 0.820. The Morgan fingerprint density at radius 3 is 2.28 bits per heavy atom. The summed E-state index contributed by atoms with van der Waals surface area (Å²) in [4.78, 5) is 10.5. The van der Waals surface area contributed by atoms with Crippen LogP contribution in [0.15, 0.2) is 36.4 Å². The maximum Gasteiger partial charge on any atom is 0.166 e. The van der Waals surface area contributed by atoms with Crippen LogP contribution < -0.4 is 5.11 Å². The molecule has 0 aliphatic heterocycles. The van der Waals surface area contributed by atoms with Gasteiger partial charge in [-0.15, -0.1) is 0 Å². The third-order valence-electron chi connectivity index (χ3n) is 2.45. The van der Waals surface area contributed by atoms with Crippen molar-refractivity contribution in [3.8, 4) is 11.1 Å². The molecule has 0 unspecified atom stereocenters. The molecule has 2 rings (SSSR count). The van der Waals surface area contributed by atoms with Gasteiger partial charge in [-0.3, -0.25) is 0 Å². The van der Waals surface area contributed by atoms with Crippen LogP contribution in [0.4, 0.5) is 13.2 Å². The second-order valence-electron chi connectivity index (χ2n) is 3.58. The van der Waals surface area contributed by atoms with Gasteiger partial charge >= 0.3 is 0 Å². The van der Waals surface area contributed by atoms with E-state index in [1.165, 1.54) is 12.1 Å². The maximum atomic E-state index is 13.6. The molecule has 0 heterocycles. The highest BCUT2D eigenvalue weighted by atomic mass is 19.2. The molecule has 0 radical (unpaired) electrons. The van der Waals surface area contributed by atoms with Crippen molar-refractivity contribution in [3.05, 3.63) is 59.4 Å². The van der Waals surface area contributed by atoms with Gasteiger partial charge in [0.25, 0.3) is 0 Å². The third kappa shape index (κ3) is 2.07. The van der Waals surface area contributed by atoms with Crippen LogP contribution in [0.3, 0.4) is 0 Å². The number of aromatic carboxylic acids is 1. The maximum absolute atomic E-state index is 13.6. The van der Waals surface area contributed by atoms with Crippen LogP contribution in [0.5, 0.6) is 0 Å². The van der Waals surface area contributed by atoms with E-state index in [1.54, 1.807) is 0 Å². The Morgan fingerprint density at radius 1 is 0.944 bits per heavy atom. The molecule has 0 saturated carbocycles. The molecule has 0 amide bonds. The van der Waals surface area contributed by atoms with Gasteiger partial charge in [0.2, 0.25) is 0 Å². The number of carboxylic acid groups (broad SMARTS) is 1. The Morgan fingerprint density at radius 2 is 1.67 bits per heavy atom. The van der Waals surface area contributed by atoms with Crippen LogP contribution in [-0.2, 0) is 0 Å². The molecular formula is C13H6F3O2-. The van der Waals surface area contributed by atoms with Crippen LogP contribution in [0.1, 0.15) is 10.4 Å². The minimum absolute atomic E-state index is 0.211. The predicted octanol–water partition coefficient (Wildman–Crippen LogP) is 2.13. The molecule has 0 aromatic heterocycles. The van der Waals surface area contributed by atoms with Crippen molar-refractivity contribution in [2.75, 3.05) is 0 Å². The van der Waals surface area contributed by atoms with E-state index in [4.69, 9.17) is 0 Å². The molecule has 92 valence electrons. The largest absolute Gasteiger partial charge is 0.545 e. The van der Waals surface area contributed by atoms with Crippen molar-refractivity contribution in [2.24, 2.45) is 0 Å². The Bertz CT molecular complexity index is 624. The van der Waals surface area contributed by atoms with E-state index < -0.39 is 23.4 Å². The second kappa shape index (κ2) is 4.52. The summed E-state index contributed by atoms with van der Waals surface area (Å²) in [6.45, 7) is 0.